The predicted octanol–water partition coefficient (Wildman–Crippen LogP) is 4.48. The maximum Gasteiger partial charge on any atom is 0.322 e. The quantitative estimate of drug-likeness (QED) is 0.676. The van der Waals surface area contributed by atoms with Crippen molar-refractivity contribution in [3.63, 3.8) is 0 Å². The van der Waals surface area contributed by atoms with E-state index in [0.717, 1.165) is 12.1 Å². The summed E-state index contributed by atoms with van der Waals surface area (Å²) in [7, 11) is 1.56. The molecule has 0 fully saturated rings. The van der Waals surface area contributed by atoms with Crippen LogP contribution in [0.5, 0.6) is 0 Å². The maximum absolute atomic E-state index is 13.9. The fraction of sp³-hybridized carbons (Fsp3) is 0.250. The second kappa shape index (κ2) is 8.16. The summed E-state index contributed by atoms with van der Waals surface area (Å²) in [4.78, 5) is 31.4. The Labute approximate surface area is 170 Å². The Morgan fingerprint density at radius 3 is 2.66 bits per heavy atom. The molecule has 3 rings (SSSR count). The highest BCUT2D eigenvalue weighted by Crippen LogP contribution is 2.23. The number of hydrogen-bond donors (Lipinski definition) is 1. The van der Waals surface area contributed by atoms with Gasteiger partial charge in [0.05, 0.1) is 22.6 Å². The summed E-state index contributed by atoms with van der Waals surface area (Å²) in [6.45, 7) is 3.73. The Bertz CT molecular complexity index is 1150. The number of carbonyl (C=O) groups excluding carboxylic acids is 1. The second-order valence-corrected chi connectivity index (χ2v) is 6.95. The van der Waals surface area contributed by atoms with E-state index in [0.29, 0.717) is 27.8 Å². The number of carbonyl (C=O) groups is 1. The van der Waals surface area contributed by atoms with Crippen molar-refractivity contribution in [2.75, 3.05) is 11.9 Å². The number of halogens is 3. The summed E-state index contributed by atoms with van der Waals surface area (Å²) < 4.78 is 28.3. The molecule has 1 aromatic heterocycles. The van der Waals surface area contributed by atoms with Crippen molar-refractivity contribution in [3.05, 3.63) is 69.2 Å². The molecule has 6 nitrogen and oxygen atoms in total. The molecule has 29 heavy (non-hydrogen) atoms. The molecule has 2 aromatic carbocycles. The molecule has 1 unspecified atom stereocenters. The Hall–Kier alpha value is -3.00. The number of benzene rings is 2. The van der Waals surface area contributed by atoms with E-state index < -0.39 is 23.7 Å². The van der Waals surface area contributed by atoms with Gasteiger partial charge in [-0.05, 0) is 44.2 Å². The number of urea groups is 1. The lowest BCUT2D eigenvalue weighted by Gasteiger charge is -2.29. The fourth-order valence-corrected chi connectivity index (χ4v) is 3.32. The molecule has 152 valence electrons. The van der Waals surface area contributed by atoms with Gasteiger partial charge in [-0.1, -0.05) is 11.6 Å². The van der Waals surface area contributed by atoms with Crippen LogP contribution in [0.1, 0.15) is 25.7 Å². The Morgan fingerprint density at radius 2 is 2.00 bits per heavy atom. The summed E-state index contributed by atoms with van der Waals surface area (Å²) in [5, 5.41) is 3.23. The molecule has 0 spiro atoms. The minimum Gasteiger partial charge on any atom is -0.315 e. The third-order valence-corrected chi connectivity index (χ3v) is 4.92. The molecule has 1 heterocycles. The summed E-state index contributed by atoms with van der Waals surface area (Å²) >= 11 is 5.97. The zero-order chi connectivity index (χ0) is 21.3. The number of anilines is 1. The number of aromatic nitrogens is 2. The van der Waals surface area contributed by atoms with Crippen LogP contribution in [0.25, 0.3) is 10.9 Å². The first kappa shape index (κ1) is 20.7. The molecule has 1 N–H and O–H groups in total. The van der Waals surface area contributed by atoms with Gasteiger partial charge in [0.1, 0.15) is 17.5 Å². The number of hydrogen-bond acceptors (Lipinski definition) is 3. The molecule has 1 atom stereocenters. The summed E-state index contributed by atoms with van der Waals surface area (Å²) in [6, 6.07) is 6.51. The zero-order valence-corrected chi connectivity index (χ0v) is 16.8. The largest absolute Gasteiger partial charge is 0.322 e. The minimum absolute atomic E-state index is 0.142. The van der Waals surface area contributed by atoms with Crippen LogP contribution in [0.4, 0.5) is 19.3 Å². The average molecular weight is 421 g/mol. The molecule has 2 amide bonds. The van der Waals surface area contributed by atoms with Gasteiger partial charge in [0.2, 0.25) is 0 Å². The van der Waals surface area contributed by atoms with Crippen molar-refractivity contribution in [2.45, 2.75) is 19.9 Å². The van der Waals surface area contributed by atoms with E-state index in [1.54, 1.807) is 39.1 Å². The number of rotatable bonds is 4. The van der Waals surface area contributed by atoms with E-state index in [1.807, 2.05) is 0 Å². The summed E-state index contributed by atoms with van der Waals surface area (Å²) in [5.74, 6) is -1.26. The molecule has 0 aliphatic carbocycles. The highest BCUT2D eigenvalue weighted by Gasteiger charge is 2.25. The lowest BCUT2D eigenvalue weighted by Crippen LogP contribution is -2.39. The van der Waals surface area contributed by atoms with Crippen molar-refractivity contribution >= 4 is 34.2 Å². The van der Waals surface area contributed by atoms with Crippen LogP contribution in [-0.2, 0) is 7.05 Å². The first-order valence-corrected chi connectivity index (χ1v) is 9.29. The van der Waals surface area contributed by atoms with Crippen molar-refractivity contribution in [1.82, 2.24) is 14.5 Å². The monoisotopic (exact) mass is 420 g/mol. The van der Waals surface area contributed by atoms with E-state index in [1.165, 1.54) is 9.47 Å². The van der Waals surface area contributed by atoms with Crippen LogP contribution in [0.3, 0.4) is 0 Å². The number of amides is 2. The molecule has 0 bridgehead atoms. The smallest absolute Gasteiger partial charge is 0.315 e. The SMILES string of the molecule is CCN(C(=O)Nc1ccc(F)cc1F)C(C)c1nc2ccc(Cl)cc2c(=O)n1C. The normalized spacial score (nSPS) is 12.1. The zero-order valence-electron chi connectivity index (χ0n) is 16.0. The highest BCUT2D eigenvalue weighted by atomic mass is 35.5. The average Bonchev–Trinajstić information content (AvgIpc) is 2.67. The van der Waals surface area contributed by atoms with Gasteiger partial charge in [-0.3, -0.25) is 9.36 Å². The summed E-state index contributed by atoms with van der Waals surface area (Å²) in [5.41, 5.74) is 0.0258. The van der Waals surface area contributed by atoms with Crippen LogP contribution in [0, 0.1) is 11.6 Å². The van der Waals surface area contributed by atoms with Crippen molar-refractivity contribution < 1.29 is 13.6 Å². The number of nitrogens with zero attached hydrogens (tertiary/aromatic N) is 3. The molecule has 0 radical (unpaired) electrons. The highest BCUT2D eigenvalue weighted by molar-refractivity contribution is 6.31. The Kier molecular flexibility index (Phi) is 5.83. The van der Waals surface area contributed by atoms with Crippen LogP contribution >= 0.6 is 11.6 Å². The molecule has 0 aliphatic rings. The minimum atomic E-state index is -0.879. The Balaban J connectivity index is 1.95. The molecule has 0 saturated heterocycles. The van der Waals surface area contributed by atoms with Crippen molar-refractivity contribution in [1.29, 1.82) is 0 Å². The Morgan fingerprint density at radius 1 is 1.28 bits per heavy atom. The van der Waals surface area contributed by atoms with Gasteiger partial charge >= 0.3 is 6.03 Å². The van der Waals surface area contributed by atoms with Gasteiger partial charge in [-0.25, -0.2) is 18.6 Å². The van der Waals surface area contributed by atoms with E-state index in [-0.39, 0.29) is 17.8 Å². The number of nitrogens with one attached hydrogen (secondary N) is 1. The van der Waals surface area contributed by atoms with Crippen LogP contribution in [0.15, 0.2) is 41.2 Å². The molecule has 9 heteroatoms. The van der Waals surface area contributed by atoms with E-state index in [2.05, 4.69) is 10.3 Å². The first-order valence-electron chi connectivity index (χ1n) is 8.91. The lowest BCUT2D eigenvalue weighted by molar-refractivity contribution is 0.192. The van der Waals surface area contributed by atoms with Crippen molar-refractivity contribution in [2.24, 2.45) is 7.05 Å². The molecule has 0 aliphatic heterocycles. The molecular weight excluding hydrogens is 402 g/mol. The van der Waals surface area contributed by atoms with E-state index in [9.17, 15) is 18.4 Å². The lowest BCUT2D eigenvalue weighted by atomic mass is 10.2. The van der Waals surface area contributed by atoms with Crippen molar-refractivity contribution in [3.8, 4) is 0 Å². The van der Waals surface area contributed by atoms with Crippen LogP contribution in [-0.4, -0.2) is 27.0 Å². The fourth-order valence-electron chi connectivity index (χ4n) is 3.14. The number of fused-ring (bicyclic) bond motifs is 1. The molecular formula is C20H19ClF2N4O2. The van der Waals surface area contributed by atoms with Gasteiger partial charge in [0.15, 0.2) is 0 Å². The second-order valence-electron chi connectivity index (χ2n) is 6.51. The summed E-state index contributed by atoms with van der Waals surface area (Å²) in [6.07, 6.45) is 0. The third-order valence-electron chi connectivity index (χ3n) is 4.69. The van der Waals surface area contributed by atoms with E-state index in [4.69, 9.17) is 11.6 Å². The predicted molar refractivity (Wildman–Crippen MR) is 108 cm³/mol. The van der Waals surface area contributed by atoms with Gasteiger partial charge in [-0.2, -0.15) is 0 Å². The topological polar surface area (TPSA) is 67.2 Å². The van der Waals surface area contributed by atoms with Gasteiger partial charge in [0, 0.05) is 24.7 Å². The standard InChI is InChI=1S/C20H19ClF2N4O2/c1-4-27(20(29)25-17-8-6-13(22)10-15(17)23)11(2)18-24-16-7-5-12(21)9-14(16)19(28)26(18)3/h5-11H,4H2,1-3H3,(H,25,29). The maximum atomic E-state index is 13.9. The first-order chi connectivity index (χ1) is 13.7. The van der Waals surface area contributed by atoms with Gasteiger partial charge < -0.3 is 10.2 Å². The van der Waals surface area contributed by atoms with Crippen LogP contribution < -0.4 is 10.9 Å². The molecule has 0 saturated carbocycles. The van der Waals surface area contributed by atoms with Gasteiger partial charge in [-0.15, -0.1) is 0 Å². The van der Waals surface area contributed by atoms with Crippen LogP contribution in [0.2, 0.25) is 5.02 Å². The molecule has 3 aromatic rings. The van der Waals surface area contributed by atoms with E-state index >= 15 is 0 Å². The van der Waals surface area contributed by atoms with Gasteiger partial charge in [0.25, 0.3) is 5.56 Å². The third kappa shape index (κ3) is 4.07.